The summed E-state index contributed by atoms with van der Waals surface area (Å²) in [4.78, 5) is 13.9. The lowest BCUT2D eigenvalue weighted by molar-refractivity contribution is -0.137. The summed E-state index contributed by atoms with van der Waals surface area (Å²) in [5.74, 6) is -0.448. The van der Waals surface area contributed by atoms with Crippen LogP contribution in [-0.2, 0) is 6.18 Å². The van der Waals surface area contributed by atoms with E-state index in [1.165, 1.54) is 6.07 Å². The molecule has 0 saturated heterocycles. The fourth-order valence-corrected chi connectivity index (χ4v) is 2.18. The molecule has 0 atom stereocenters. The molecule has 0 heterocycles. The van der Waals surface area contributed by atoms with Gasteiger partial charge >= 0.3 is 6.18 Å². The molecule has 0 unspecified atom stereocenters. The number of alkyl halides is 3. The molecule has 2 rings (SSSR count). The molecule has 0 saturated carbocycles. The van der Waals surface area contributed by atoms with Gasteiger partial charge in [-0.3, -0.25) is 4.79 Å². The summed E-state index contributed by atoms with van der Waals surface area (Å²) in [5, 5.41) is 2.57. The van der Waals surface area contributed by atoms with E-state index < -0.39 is 17.6 Å². The average Bonchev–Trinajstić information content (AvgIpc) is 2.46. The number of carbonyl (C=O) groups is 1. The van der Waals surface area contributed by atoms with Crippen molar-refractivity contribution in [1.82, 2.24) is 0 Å². The standard InChI is InChI=1S/C17H17F3N2O/c1-11-5-4-6-12(9-11)16(23)21-14-10-13(17(18,19)20)7-8-15(14)22(2)3/h4-10H,1-3H3,(H,21,23). The van der Waals surface area contributed by atoms with Crippen molar-refractivity contribution in [2.24, 2.45) is 0 Å². The number of anilines is 2. The minimum absolute atomic E-state index is 0.122. The van der Waals surface area contributed by atoms with Gasteiger partial charge in [0, 0.05) is 19.7 Å². The van der Waals surface area contributed by atoms with Crippen molar-refractivity contribution < 1.29 is 18.0 Å². The van der Waals surface area contributed by atoms with Gasteiger partial charge in [0.05, 0.1) is 16.9 Å². The maximum absolute atomic E-state index is 12.9. The first kappa shape index (κ1) is 16.9. The van der Waals surface area contributed by atoms with Crippen LogP contribution in [0.3, 0.4) is 0 Å². The van der Waals surface area contributed by atoms with Gasteiger partial charge in [-0.2, -0.15) is 13.2 Å². The number of rotatable bonds is 3. The smallest absolute Gasteiger partial charge is 0.376 e. The lowest BCUT2D eigenvalue weighted by Crippen LogP contribution is -2.18. The Morgan fingerprint density at radius 2 is 1.78 bits per heavy atom. The summed E-state index contributed by atoms with van der Waals surface area (Å²) in [6, 6.07) is 10.1. The van der Waals surface area contributed by atoms with Crippen LogP contribution in [-0.4, -0.2) is 20.0 Å². The van der Waals surface area contributed by atoms with Gasteiger partial charge in [0.2, 0.25) is 0 Å². The summed E-state index contributed by atoms with van der Waals surface area (Å²) < 4.78 is 38.7. The van der Waals surface area contributed by atoms with Gasteiger partial charge in [-0.15, -0.1) is 0 Å². The number of hydrogen-bond donors (Lipinski definition) is 1. The van der Waals surface area contributed by atoms with Crippen molar-refractivity contribution in [3.05, 3.63) is 59.2 Å². The first-order valence-electron chi connectivity index (χ1n) is 6.95. The Morgan fingerprint density at radius 3 is 2.35 bits per heavy atom. The first-order chi connectivity index (χ1) is 10.7. The molecule has 1 N–H and O–H groups in total. The van der Waals surface area contributed by atoms with Crippen LogP contribution in [0, 0.1) is 6.92 Å². The first-order valence-corrected chi connectivity index (χ1v) is 6.95. The van der Waals surface area contributed by atoms with Gasteiger partial charge in [-0.25, -0.2) is 0 Å². The second kappa shape index (κ2) is 6.32. The molecule has 122 valence electrons. The van der Waals surface area contributed by atoms with Crippen LogP contribution in [0.1, 0.15) is 21.5 Å². The highest BCUT2D eigenvalue weighted by Crippen LogP contribution is 2.35. The van der Waals surface area contributed by atoms with E-state index in [0.717, 1.165) is 17.7 Å². The maximum atomic E-state index is 12.9. The average molecular weight is 322 g/mol. The number of nitrogens with zero attached hydrogens (tertiary/aromatic N) is 1. The van der Waals surface area contributed by atoms with Crippen LogP contribution in [0.2, 0.25) is 0 Å². The molecular weight excluding hydrogens is 305 g/mol. The predicted octanol–water partition coefficient (Wildman–Crippen LogP) is 4.33. The molecular formula is C17H17F3N2O. The van der Waals surface area contributed by atoms with Crippen LogP contribution >= 0.6 is 0 Å². The lowest BCUT2D eigenvalue weighted by Gasteiger charge is -2.20. The molecule has 0 aromatic heterocycles. The van der Waals surface area contributed by atoms with Crippen molar-refractivity contribution in [1.29, 1.82) is 0 Å². The minimum Gasteiger partial charge on any atom is -0.376 e. The molecule has 23 heavy (non-hydrogen) atoms. The van der Waals surface area contributed by atoms with Crippen molar-refractivity contribution >= 4 is 17.3 Å². The van der Waals surface area contributed by atoms with Gasteiger partial charge in [-0.05, 0) is 37.3 Å². The number of benzene rings is 2. The van der Waals surface area contributed by atoms with Crippen LogP contribution in [0.15, 0.2) is 42.5 Å². The summed E-state index contributed by atoms with van der Waals surface area (Å²) in [7, 11) is 3.40. The molecule has 2 aromatic rings. The van der Waals surface area contributed by atoms with Gasteiger partial charge in [0.1, 0.15) is 0 Å². The Labute approximate surface area is 132 Å². The zero-order valence-electron chi connectivity index (χ0n) is 13.0. The fourth-order valence-electron chi connectivity index (χ4n) is 2.18. The molecule has 6 heteroatoms. The van der Waals surface area contributed by atoms with E-state index in [0.29, 0.717) is 11.3 Å². The monoisotopic (exact) mass is 322 g/mol. The van der Waals surface area contributed by atoms with Crippen molar-refractivity contribution in [2.45, 2.75) is 13.1 Å². The highest BCUT2D eigenvalue weighted by atomic mass is 19.4. The molecule has 0 aliphatic rings. The summed E-state index contributed by atoms with van der Waals surface area (Å²) in [5.41, 5.74) is 1.11. The van der Waals surface area contributed by atoms with E-state index in [4.69, 9.17) is 0 Å². The Bertz CT molecular complexity index is 724. The van der Waals surface area contributed by atoms with E-state index in [1.54, 1.807) is 37.2 Å². The van der Waals surface area contributed by atoms with Gasteiger partial charge < -0.3 is 10.2 Å². The second-order valence-electron chi connectivity index (χ2n) is 5.45. The minimum atomic E-state index is -4.46. The van der Waals surface area contributed by atoms with E-state index >= 15 is 0 Å². The molecule has 0 bridgehead atoms. The predicted molar refractivity (Wildman–Crippen MR) is 84.9 cm³/mol. The van der Waals surface area contributed by atoms with E-state index in [9.17, 15) is 18.0 Å². The van der Waals surface area contributed by atoms with Crippen LogP contribution in [0.25, 0.3) is 0 Å². The largest absolute Gasteiger partial charge is 0.416 e. The number of halogens is 3. The highest BCUT2D eigenvalue weighted by molar-refractivity contribution is 6.06. The third-order valence-electron chi connectivity index (χ3n) is 3.33. The van der Waals surface area contributed by atoms with Crippen LogP contribution in [0.4, 0.5) is 24.5 Å². The van der Waals surface area contributed by atoms with E-state index in [1.807, 2.05) is 13.0 Å². The topological polar surface area (TPSA) is 32.3 Å². The Balaban J connectivity index is 2.38. The van der Waals surface area contributed by atoms with Gasteiger partial charge in [0.25, 0.3) is 5.91 Å². The number of aryl methyl sites for hydroxylation is 1. The number of hydrogen-bond acceptors (Lipinski definition) is 2. The normalized spacial score (nSPS) is 11.2. The summed E-state index contributed by atoms with van der Waals surface area (Å²) in [6.45, 7) is 1.84. The quantitative estimate of drug-likeness (QED) is 0.912. The zero-order chi connectivity index (χ0) is 17.2. The third kappa shape index (κ3) is 4.03. The highest BCUT2D eigenvalue weighted by Gasteiger charge is 2.31. The number of amides is 1. The van der Waals surface area contributed by atoms with Gasteiger partial charge in [0.15, 0.2) is 0 Å². The Hall–Kier alpha value is -2.50. The molecule has 1 amide bonds. The molecule has 0 aliphatic carbocycles. The maximum Gasteiger partial charge on any atom is 0.416 e. The van der Waals surface area contributed by atoms with Crippen molar-refractivity contribution in [3.63, 3.8) is 0 Å². The summed E-state index contributed by atoms with van der Waals surface area (Å²) in [6.07, 6.45) is -4.46. The lowest BCUT2D eigenvalue weighted by atomic mass is 10.1. The van der Waals surface area contributed by atoms with Crippen LogP contribution in [0.5, 0.6) is 0 Å². The molecule has 0 aliphatic heterocycles. The zero-order valence-corrected chi connectivity index (χ0v) is 13.0. The van der Waals surface area contributed by atoms with Crippen molar-refractivity contribution in [3.8, 4) is 0 Å². The number of nitrogens with one attached hydrogen (secondary N) is 1. The van der Waals surface area contributed by atoms with Crippen LogP contribution < -0.4 is 10.2 Å². The fraction of sp³-hybridized carbons (Fsp3) is 0.235. The third-order valence-corrected chi connectivity index (χ3v) is 3.33. The second-order valence-corrected chi connectivity index (χ2v) is 5.45. The number of carbonyl (C=O) groups excluding carboxylic acids is 1. The van der Waals surface area contributed by atoms with E-state index in [2.05, 4.69) is 5.32 Å². The van der Waals surface area contributed by atoms with Gasteiger partial charge in [-0.1, -0.05) is 17.7 Å². The van der Waals surface area contributed by atoms with E-state index in [-0.39, 0.29) is 5.69 Å². The summed E-state index contributed by atoms with van der Waals surface area (Å²) >= 11 is 0. The Kier molecular flexibility index (Phi) is 4.63. The molecule has 3 nitrogen and oxygen atoms in total. The molecule has 2 aromatic carbocycles. The SMILES string of the molecule is Cc1cccc(C(=O)Nc2cc(C(F)(F)F)ccc2N(C)C)c1. The molecule has 0 fully saturated rings. The molecule has 0 spiro atoms. The Morgan fingerprint density at radius 1 is 1.09 bits per heavy atom. The van der Waals surface area contributed by atoms with Crippen molar-refractivity contribution in [2.75, 3.05) is 24.3 Å². The molecule has 0 radical (unpaired) electrons.